The monoisotopic (exact) mass is 308 g/mol. The lowest BCUT2D eigenvalue weighted by Crippen LogP contribution is -2.30. The second-order valence-electron chi connectivity index (χ2n) is 5.32. The second-order valence-corrected chi connectivity index (χ2v) is 5.71. The topological polar surface area (TPSA) is 32.3 Å². The van der Waals surface area contributed by atoms with Crippen molar-refractivity contribution in [3.63, 3.8) is 0 Å². The fourth-order valence-corrected chi connectivity index (χ4v) is 2.74. The third-order valence-electron chi connectivity index (χ3n) is 3.63. The Kier molecular flexibility index (Phi) is 3.77. The molecule has 4 heteroatoms. The maximum absolute atomic E-state index is 12.7. The Bertz CT molecular complexity index is 795. The third kappa shape index (κ3) is 2.65. The third-order valence-corrected chi connectivity index (χ3v) is 3.91. The number of anilines is 1. The molecule has 2 aromatic carbocycles. The molecule has 0 spiro atoms. The Morgan fingerprint density at radius 2 is 1.86 bits per heavy atom. The van der Waals surface area contributed by atoms with Crippen LogP contribution < -0.4 is 10.2 Å². The van der Waals surface area contributed by atoms with Crippen LogP contribution in [0.1, 0.15) is 16.7 Å². The van der Waals surface area contributed by atoms with Crippen LogP contribution in [-0.4, -0.2) is 11.0 Å². The number of amides is 1. The van der Waals surface area contributed by atoms with Crippen molar-refractivity contribution in [2.45, 2.75) is 13.8 Å². The molecule has 0 aliphatic carbocycles. The first kappa shape index (κ1) is 14.5. The van der Waals surface area contributed by atoms with Gasteiger partial charge in [0.15, 0.2) is 5.11 Å². The van der Waals surface area contributed by atoms with E-state index in [1.54, 1.807) is 0 Å². The second kappa shape index (κ2) is 5.73. The fourth-order valence-electron chi connectivity index (χ4n) is 2.44. The van der Waals surface area contributed by atoms with Crippen LogP contribution in [0.2, 0.25) is 0 Å². The van der Waals surface area contributed by atoms with E-state index >= 15 is 0 Å². The van der Waals surface area contributed by atoms with E-state index in [0.29, 0.717) is 10.8 Å². The zero-order chi connectivity index (χ0) is 15.7. The van der Waals surface area contributed by atoms with Gasteiger partial charge >= 0.3 is 0 Å². The van der Waals surface area contributed by atoms with Gasteiger partial charge in [-0.3, -0.25) is 9.69 Å². The number of carbonyl (C=O) groups is 1. The molecule has 1 aliphatic heterocycles. The average Bonchev–Trinajstić information content (AvgIpc) is 2.76. The highest BCUT2D eigenvalue weighted by Crippen LogP contribution is 2.23. The Labute approximate surface area is 135 Å². The first-order chi connectivity index (χ1) is 10.6. The summed E-state index contributed by atoms with van der Waals surface area (Å²) in [5.41, 5.74) is 4.50. The van der Waals surface area contributed by atoms with Gasteiger partial charge in [-0.15, -0.1) is 0 Å². The first-order valence-corrected chi connectivity index (χ1v) is 7.46. The molecule has 1 heterocycles. The van der Waals surface area contributed by atoms with E-state index in [2.05, 4.69) is 5.32 Å². The minimum atomic E-state index is -0.126. The van der Waals surface area contributed by atoms with Crippen molar-refractivity contribution in [2.24, 2.45) is 0 Å². The molecule has 0 aromatic heterocycles. The summed E-state index contributed by atoms with van der Waals surface area (Å²) in [5, 5.41) is 3.43. The van der Waals surface area contributed by atoms with E-state index in [9.17, 15) is 4.79 Å². The lowest BCUT2D eigenvalue weighted by atomic mass is 10.1. The standard InChI is InChI=1S/C18H16N2OS/c1-12-6-5-9-15(10-12)20-17(21)16(19-18(20)22)11-14-8-4-3-7-13(14)2/h3-11H,1-2H3,(H,19,22)/b16-11-. The molecule has 0 saturated carbocycles. The molecule has 0 radical (unpaired) electrons. The molecule has 0 atom stereocenters. The molecule has 2 aromatic rings. The molecule has 3 nitrogen and oxygen atoms in total. The van der Waals surface area contributed by atoms with E-state index in [4.69, 9.17) is 12.2 Å². The Hall–Kier alpha value is -2.46. The maximum Gasteiger partial charge on any atom is 0.281 e. The summed E-state index contributed by atoms with van der Waals surface area (Å²) >= 11 is 5.32. The van der Waals surface area contributed by atoms with E-state index in [-0.39, 0.29) is 5.91 Å². The number of carbonyl (C=O) groups excluding carboxylic acids is 1. The molecule has 1 fully saturated rings. The minimum absolute atomic E-state index is 0.126. The minimum Gasteiger partial charge on any atom is -0.327 e. The van der Waals surface area contributed by atoms with Crippen LogP contribution in [0.25, 0.3) is 6.08 Å². The number of rotatable bonds is 2. The van der Waals surface area contributed by atoms with Crippen molar-refractivity contribution < 1.29 is 4.79 Å². The van der Waals surface area contributed by atoms with Crippen molar-refractivity contribution in [2.75, 3.05) is 4.90 Å². The largest absolute Gasteiger partial charge is 0.327 e. The maximum atomic E-state index is 12.7. The van der Waals surface area contributed by atoms with Gasteiger partial charge in [0.2, 0.25) is 0 Å². The molecule has 1 amide bonds. The van der Waals surface area contributed by atoms with Gasteiger partial charge in [0.05, 0.1) is 5.69 Å². The zero-order valence-corrected chi connectivity index (χ0v) is 13.3. The van der Waals surface area contributed by atoms with Crippen molar-refractivity contribution in [1.29, 1.82) is 0 Å². The van der Waals surface area contributed by atoms with Gasteiger partial charge in [0.25, 0.3) is 5.91 Å². The SMILES string of the molecule is Cc1cccc(N2C(=O)/C(=C/c3ccccc3C)NC2=S)c1. The Morgan fingerprint density at radius 1 is 1.09 bits per heavy atom. The number of benzene rings is 2. The summed E-state index contributed by atoms with van der Waals surface area (Å²) in [4.78, 5) is 14.2. The predicted molar refractivity (Wildman–Crippen MR) is 93.6 cm³/mol. The highest BCUT2D eigenvalue weighted by molar-refractivity contribution is 7.80. The zero-order valence-electron chi connectivity index (χ0n) is 12.5. The molecule has 1 N–H and O–H groups in total. The number of nitrogens with zero attached hydrogens (tertiary/aromatic N) is 1. The molecule has 3 rings (SSSR count). The van der Waals surface area contributed by atoms with E-state index in [0.717, 1.165) is 22.4 Å². The van der Waals surface area contributed by atoms with Crippen LogP contribution in [0.5, 0.6) is 0 Å². The molecule has 1 aliphatic rings. The smallest absolute Gasteiger partial charge is 0.281 e. The molecule has 110 valence electrons. The average molecular weight is 308 g/mol. The highest BCUT2D eigenvalue weighted by atomic mass is 32.1. The summed E-state index contributed by atoms with van der Waals surface area (Å²) in [6.07, 6.45) is 1.85. The molecule has 1 saturated heterocycles. The molecule has 22 heavy (non-hydrogen) atoms. The summed E-state index contributed by atoms with van der Waals surface area (Å²) in [6.45, 7) is 4.01. The summed E-state index contributed by atoms with van der Waals surface area (Å²) in [5.74, 6) is -0.126. The van der Waals surface area contributed by atoms with E-state index < -0.39 is 0 Å². The number of hydrogen-bond donors (Lipinski definition) is 1. The van der Waals surface area contributed by atoms with Gasteiger partial charge in [0, 0.05) is 0 Å². The predicted octanol–water partition coefficient (Wildman–Crippen LogP) is 3.57. The van der Waals surface area contributed by atoms with Crippen LogP contribution in [0.15, 0.2) is 54.2 Å². The van der Waals surface area contributed by atoms with Crippen LogP contribution in [-0.2, 0) is 4.79 Å². The Morgan fingerprint density at radius 3 is 2.59 bits per heavy atom. The molecule has 0 unspecified atom stereocenters. The molecular formula is C18H16N2OS. The van der Waals surface area contributed by atoms with Gasteiger partial charge < -0.3 is 5.32 Å². The van der Waals surface area contributed by atoms with Gasteiger partial charge in [-0.05, 0) is 61.0 Å². The number of hydrogen-bond acceptors (Lipinski definition) is 2. The summed E-state index contributed by atoms with van der Waals surface area (Å²) in [7, 11) is 0. The van der Waals surface area contributed by atoms with Crippen LogP contribution >= 0.6 is 12.2 Å². The lowest BCUT2D eigenvalue weighted by molar-refractivity contribution is -0.113. The van der Waals surface area contributed by atoms with Crippen molar-refractivity contribution in [1.82, 2.24) is 5.32 Å². The summed E-state index contributed by atoms with van der Waals surface area (Å²) in [6, 6.07) is 15.7. The van der Waals surface area contributed by atoms with Crippen molar-refractivity contribution >= 4 is 35.0 Å². The van der Waals surface area contributed by atoms with Gasteiger partial charge in [0.1, 0.15) is 5.70 Å². The number of aryl methyl sites for hydroxylation is 2. The normalized spacial score (nSPS) is 16.3. The van der Waals surface area contributed by atoms with Gasteiger partial charge in [-0.2, -0.15) is 0 Å². The van der Waals surface area contributed by atoms with Gasteiger partial charge in [-0.25, -0.2) is 0 Å². The lowest BCUT2D eigenvalue weighted by Gasteiger charge is -2.14. The van der Waals surface area contributed by atoms with E-state index in [1.807, 2.05) is 68.5 Å². The highest BCUT2D eigenvalue weighted by Gasteiger charge is 2.31. The van der Waals surface area contributed by atoms with Crippen LogP contribution in [0.3, 0.4) is 0 Å². The van der Waals surface area contributed by atoms with Crippen LogP contribution in [0, 0.1) is 13.8 Å². The van der Waals surface area contributed by atoms with Crippen LogP contribution in [0.4, 0.5) is 5.69 Å². The molecular weight excluding hydrogens is 292 g/mol. The fraction of sp³-hybridized carbons (Fsp3) is 0.111. The number of nitrogens with one attached hydrogen (secondary N) is 1. The molecule has 0 bridgehead atoms. The van der Waals surface area contributed by atoms with Crippen molar-refractivity contribution in [3.05, 3.63) is 70.9 Å². The van der Waals surface area contributed by atoms with E-state index in [1.165, 1.54) is 4.90 Å². The quantitative estimate of drug-likeness (QED) is 0.680. The van der Waals surface area contributed by atoms with Crippen molar-refractivity contribution in [3.8, 4) is 0 Å². The van der Waals surface area contributed by atoms with Gasteiger partial charge in [-0.1, -0.05) is 36.4 Å². The Balaban J connectivity index is 1.97. The first-order valence-electron chi connectivity index (χ1n) is 7.06. The number of thiocarbonyl (C=S) groups is 1. The summed E-state index contributed by atoms with van der Waals surface area (Å²) < 4.78 is 0.